The van der Waals surface area contributed by atoms with E-state index in [1.165, 1.54) is 12.1 Å². The van der Waals surface area contributed by atoms with Crippen LogP contribution < -0.4 is 5.73 Å². The molecule has 13 heavy (non-hydrogen) atoms. The number of hydrogen-bond acceptors (Lipinski definition) is 2. The van der Waals surface area contributed by atoms with Crippen molar-refractivity contribution in [3.05, 3.63) is 35.4 Å². The molecule has 68 valence electrons. The van der Waals surface area contributed by atoms with Crippen molar-refractivity contribution >= 4 is 0 Å². The number of rotatable bonds is 2. The van der Waals surface area contributed by atoms with E-state index in [2.05, 4.69) is 0 Å². The predicted octanol–water partition coefficient (Wildman–Crippen LogP) is 1.82. The van der Waals surface area contributed by atoms with Crippen LogP contribution in [-0.2, 0) is 0 Å². The third-order valence-corrected chi connectivity index (χ3v) is 1.71. The molecular weight excluding hydrogens is 174 g/mol. The normalized spacial score (nSPS) is 12.5. The number of benzene rings is 1. The summed E-state index contributed by atoms with van der Waals surface area (Å²) in [5.41, 5.74) is 5.61. The summed E-state index contributed by atoms with van der Waals surface area (Å²) in [5, 5.41) is 8.60. The Morgan fingerprint density at radius 3 is 2.46 bits per heavy atom. The van der Waals surface area contributed by atoms with Crippen LogP contribution >= 0.6 is 0 Å². The zero-order valence-corrected chi connectivity index (χ0v) is 6.74. The fourth-order valence-electron chi connectivity index (χ4n) is 1.03. The summed E-state index contributed by atoms with van der Waals surface area (Å²) in [6.07, 6.45) is -2.64. The molecule has 0 bridgehead atoms. The van der Waals surface area contributed by atoms with Crippen molar-refractivity contribution in [3.63, 3.8) is 0 Å². The summed E-state index contributed by atoms with van der Waals surface area (Å²) in [6.45, 7) is 0. The Labute approximate surface area is 74.6 Å². The van der Waals surface area contributed by atoms with Gasteiger partial charge in [0.1, 0.15) is 0 Å². The first-order valence-electron chi connectivity index (χ1n) is 3.69. The van der Waals surface area contributed by atoms with Gasteiger partial charge in [0.15, 0.2) is 0 Å². The van der Waals surface area contributed by atoms with E-state index in [0.717, 1.165) is 0 Å². The molecule has 0 heterocycles. The molecule has 0 unspecified atom stereocenters. The van der Waals surface area contributed by atoms with Crippen LogP contribution in [0.1, 0.15) is 17.2 Å². The van der Waals surface area contributed by atoms with Crippen LogP contribution in [0.25, 0.3) is 0 Å². The van der Waals surface area contributed by atoms with Gasteiger partial charge < -0.3 is 5.73 Å². The van der Waals surface area contributed by atoms with Crippen molar-refractivity contribution in [3.8, 4) is 6.07 Å². The lowest BCUT2D eigenvalue weighted by Gasteiger charge is -2.11. The number of nitrogens with two attached hydrogens (primary N) is 1. The highest BCUT2D eigenvalue weighted by atomic mass is 19.3. The molecular formula is C9H8F2N2. The first-order chi connectivity index (χ1) is 6.16. The highest BCUT2D eigenvalue weighted by molar-refractivity contribution is 5.39. The quantitative estimate of drug-likeness (QED) is 0.758. The Morgan fingerprint density at radius 2 is 1.92 bits per heavy atom. The van der Waals surface area contributed by atoms with Crippen LogP contribution in [0.2, 0.25) is 0 Å². The second-order valence-corrected chi connectivity index (χ2v) is 2.56. The summed E-state index contributed by atoms with van der Waals surface area (Å²) in [7, 11) is 0. The Balaban J connectivity index is 3.07. The van der Waals surface area contributed by atoms with Crippen LogP contribution in [0.5, 0.6) is 0 Å². The molecule has 0 spiro atoms. The minimum atomic E-state index is -2.64. The molecule has 0 saturated heterocycles. The van der Waals surface area contributed by atoms with Gasteiger partial charge in [-0.05, 0) is 11.6 Å². The van der Waals surface area contributed by atoms with Gasteiger partial charge in [-0.1, -0.05) is 18.2 Å². The fraction of sp³-hybridized carbons (Fsp3) is 0.222. The van der Waals surface area contributed by atoms with Crippen molar-refractivity contribution in [2.45, 2.75) is 12.5 Å². The van der Waals surface area contributed by atoms with Gasteiger partial charge in [0, 0.05) is 0 Å². The molecule has 0 aliphatic rings. The number of nitriles is 1. The van der Waals surface area contributed by atoms with Gasteiger partial charge in [-0.15, -0.1) is 0 Å². The van der Waals surface area contributed by atoms with E-state index in [4.69, 9.17) is 11.0 Å². The largest absolute Gasteiger partial charge is 0.319 e. The maximum absolute atomic E-state index is 12.2. The van der Waals surface area contributed by atoms with Gasteiger partial charge >= 0.3 is 0 Å². The van der Waals surface area contributed by atoms with Crippen molar-refractivity contribution in [2.24, 2.45) is 5.73 Å². The van der Waals surface area contributed by atoms with E-state index in [0.29, 0.717) is 0 Å². The Kier molecular flexibility index (Phi) is 2.93. The fourth-order valence-corrected chi connectivity index (χ4v) is 1.03. The van der Waals surface area contributed by atoms with Crippen LogP contribution in [-0.4, -0.2) is 6.43 Å². The molecule has 0 amide bonds. The molecule has 0 radical (unpaired) electrons. The molecule has 0 aliphatic heterocycles. The predicted molar refractivity (Wildman–Crippen MR) is 44.1 cm³/mol. The maximum atomic E-state index is 12.2. The van der Waals surface area contributed by atoms with Crippen LogP contribution in [0.3, 0.4) is 0 Å². The van der Waals surface area contributed by atoms with E-state index in [-0.39, 0.29) is 11.1 Å². The molecule has 0 aromatic heterocycles. The summed E-state index contributed by atoms with van der Waals surface area (Å²) < 4.78 is 24.4. The zero-order chi connectivity index (χ0) is 9.84. The van der Waals surface area contributed by atoms with Crippen molar-refractivity contribution < 1.29 is 8.78 Å². The molecule has 1 atom stereocenters. The summed E-state index contributed by atoms with van der Waals surface area (Å²) in [6, 6.07) is 6.54. The van der Waals surface area contributed by atoms with Gasteiger partial charge in [0.2, 0.25) is 0 Å². The second-order valence-electron chi connectivity index (χ2n) is 2.56. The monoisotopic (exact) mass is 182 g/mol. The molecule has 1 aromatic rings. The molecule has 2 nitrogen and oxygen atoms in total. The molecule has 0 saturated carbocycles. The highest BCUT2D eigenvalue weighted by Gasteiger charge is 2.19. The molecule has 1 aromatic carbocycles. The lowest BCUT2D eigenvalue weighted by molar-refractivity contribution is 0.116. The lowest BCUT2D eigenvalue weighted by atomic mass is 10.0. The average Bonchev–Trinajstić information content (AvgIpc) is 2.16. The molecule has 2 N–H and O–H groups in total. The number of nitrogens with zero attached hydrogens (tertiary/aromatic N) is 1. The topological polar surface area (TPSA) is 49.8 Å². The van der Waals surface area contributed by atoms with Crippen LogP contribution in [0, 0.1) is 11.3 Å². The van der Waals surface area contributed by atoms with Gasteiger partial charge in [-0.2, -0.15) is 5.26 Å². The average molecular weight is 182 g/mol. The van der Waals surface area contributed by atoms with Crippen LogP contribution in [0.4, 0.5) is 8.78 Å². The third kappa shape index (κ3) is 2.01. The molecule has 0 fully saturated rings. The minimum absolute atomic E-state index is 0.194. The third-order valence-electron chi connectivity index (χ3n) is 1.71. The van der Waals surface area contributed by atoms with Crippen molar-refractivity contribution in [1.29, 1.82) is 5.26 Å². The summed E-state index contributed by atoms with van der Waals surface area (Å²) in [4.78, 5) is 0. The van der Waals surface area contributed by atoms with Crippen molar-refractivity contribution in [1.82, 2.24) is 0 Å². The number of halogens is 2. The van der Waals surface area contributed by atoms with E-state index in [9.17, 15) is 8.78 Å². The summed E-state index contributed by atoms with van der Waals surface area (Å²) >= 11 is 0. The van der Waals surface area contributed by atoms with E-state index in [1.807, 2.05) is 6.07 Å². The van der Waals surface area contributed by atoms with Crippen molar-refractivity contribution in [2.75, 3.05) is 0 Å². The SMILES string of the molecule is N#Cc1ccccc1[C@H](N)C(F)F. The van der Waals surface area contributed by atoms with Gasteiger partial charge in [-0.3, -0.25) is 0 Å². The van der Waals surface area contributed by atoms with Crippen LogP contribution in [0.15, 0.2) is 24.3 Å². The van der Waals surface area contributed by atoms with E-state index in [1.54, 1.807) is 12.1 Å². The van der Waals surface area contributed by atoms with Gasteiger partial charge in [0.25, 0.3) is 6.43 Å². The van der Waals surface area contributed by atoms with E-state index < -0.39 is 12.5 Å². The number of hydrogen-bond donors (Lipinski definition) is 1. The Hall–Kier alpha value is -1.47. The molecule has 4 heteroatoms. The van der Waals surface area contributed by atoms with E-state index >= 15 is 0 Å². The maximum Gasteiger partial charge on any atom is 0.257 e. The minimum Gasteiger partial charge on any atom is -0.319 e. The number of alkyl halides is 2. The van der Waals surface area contributed by atoms with Gasteiger partial charge in [-0.25, -0.2) is 8.78 Å². The highest BCUT2D eigenvalue weighted by Crippen LogP contribution is 2.20. The smallest absolute Gasteiger partial charge is 0.257 e. The Morgan fingerprint density at radius 1 is 1.31 bits per heavy atom. The second kappa shape index (κ2) is 3.97. The lowest BCUT2D eigenvalue weighted by Crippen LogP contribution is -2.19. The Bertz CT molecular complexity index is 331. The molecule has 0 aliphatic carbocycles. The zero-order valence-electron chi connectivity index (χ0n) is 6.74. The van der Waals surface area contributed by atoms with Gasteiger partial charge in [0.05, 0.1) is 17.7 Å². The summed E-state index contributed by atoms with van der Waals surface area (Å²) in [5.74, 6) is 0. The first-order valence-corrected chi connectivity index (χ1v) is 3.69. The first kappa shape index (κ1) is 9.62. The molecule has 1 rings (SSSR count). The standard InChI is InChI=1S/C9H8F2N2/c10-9(11)8(13)7-4-2-1-3-6(7)5-12/h1-4,8-9H,13H2/t8-/m0/s1.